The van der Waals surface area contributed by atoms with Crippen LogP contribution in [0.5, 0.6) is 0 Å². The second-order valence-corrected chi connectivity index (χ2v) is 8.41. The molecule has 0 aliphatic carbocycles. The van der Waals surface area contributed by atoms with E-state index < -0.39 is 0 Å². The zero-order chi connectivity index (χ0) is 22.8. The number of methoxy groups -OCH3 is 2. The topological polar surface area (TPSA) is 82.4 Å². The van der Waals surface area contributed by atoms with Crippen LogP contribution in [0.4, 0.5) is 11.5 Å². The summed E-state index contributed by atoms with van der Waals surface area (Å²) < 4.78 is 12.3. The maximum absolute atomic E-state index is 11.7. The standard InChI is InChI=1S/C24H21N5O3S/c1-31-15-29-19-13-16(3-8-20(19)33-23-22(29)25-9-10-27-23)14-28-12-11-26-21(28)17-4-6-18(7-5-17)24(30)32-2/h3-13H,14-15H2,1-2H3. The van der Waals surface area contributed by atoms with E-state index in [9.17, 15) is 4.79 Å². The Morgan fingerprint density at radius 1 is 1.00 bits per heavy atom. The van der Waals surface area contributed by atoms with Gasteiger partial charge < -0.3 is 14.0 Å². The zero-order valence-corrected chi connectivity index (χ0v) is 19.0. The van der Waals surface area contributed by atoms with Crippen LogP contribution in [0.1, 0.15) is 15.9 Å². The minimum Gasteiger partial charge on any atom is -0.465 e. The molecule has 5 rings (SSSR count). The lowest BCUT2D eigenvalue weighted by Crippen LogP contribution is -2.24. The fraction of sp³-hybridized carbons (Fsp3) is 0.167. The first-order valence-electron chi connectivity index (χ1n) is 10.3. The van der Waals surface area contributed by atoms with Crippen LogP contribution in [-0.2, 0) is 16.0 Å². The molecule has 33 heavy (non-hydrogen) atoms. The van der Waals surface area contributed by atoms with Gasteiger partial charge in [0.05, 0.1) is 18.4 Å². The highest BCUT2D eigenvalue weighted by atomic mass is 32.2. The molecule has 0 bridgehead atoms. The summed E-state index contributed by atoms with van der Waals surface area (Å²) in [6.45, 7) is 1.02. The van der Waals surface area contributed by atoms with Crippen LogP contribution in [0.2, 0.25) is 0 Å². The van der Waals surface area contributed by atoms with Gasteiger partial charge in [-0.3, -0.25) is 4.90 Å². The van der Waals surface area contributed by atoms with Gasteiger partial charge in [0, 0.05) is 48.9 Å². The number of fused-ring (bicyclic) bond motifs is 2. The monoisotopic (exact) mass is 459 g/mol. The Bertz CT molecular complexity index is 1310. The molecular formula is C24H21N5O3S. The van der Waals surface area contributed by atoms with Gasteiger partial charge in [-0.1, -0.05) is 30.0 Å². The lowest BCUT2D eigenvalue weighted by molar-refractivity contribution is 0.0600. The van der Waals surface area contributed by atoms with Gasteiger partial charge in [-0.25, -0.2) is 19.7 Å². The van der Waals surface area contributed by atoms with Crippen molar-refractivity contribution in [2.45, 2.75) is 16.5 Å². The second kappa shape index (κ2) is 9.05. The number of imidazole rings is 1. The molecule has 3 heterocycles. The highest BCUT2D eigenvalue weighted by Crippen LogP contribution is 2.46. The molecule has 0 N–H and O–H groups in total. The predicted octanol–water partition coefficient (Wildman–Crippen LogP) is 4.38. The van der Waals surface area contributed by atoms with E-state index >= 15 is 0 Å². The molecule has 0 saturated carbocycles. The Kier molecular flexibility index (Phi) is 5.80. The highest BCUT2D eigenvalue weighted by molar-refractivity contribution is 7.99. The lowest BCUT2D eigenvalue weighted by atomic mass is 10.1. The molecule has 4 aromatic rings. The fourth-order valence-electron chi connectivity index (χ4n) is 3.78. The number of benzene rings is 2. The van der Waals surface area contributed by atoms with E-state index in [4.69, 9.17) is 9.47 Å². The zero-order valence-electron chi connectivity index (χ0n) is 18.1. The normalized spacial score (nSPS) is 12.2. The van der Waals surface area contributed by atoms with Crippen LogP contribution in [-0.4, -0.2) is 46.4 Å². The molecule has 166 valence electrons. The van der Waals surface area contributed by atoms with E-state index in [-0.39, 0.29) is 5.97 Å². The van der Waals surface area contributed by atoms with Crippen LogP contribution in [0.15, 0.2) is 77.2 Å². The number of nitrogens with zero attached hydrogens (tertiary/aromatic N) is 5. The van der Waals surface area contributed by atoms with Crippen molar-refractivity contribution >= 4 is 29.2 Å². The molecule has 2 aromatic carbocycles. The van der Waals surface area contributed by atoms with Gasteiger partial charge in [0.15, 0.2) is 5.82 Å². The van der Waals surface area contributed by atoms with Crippen molar-refractivity contribution in [3.63, 3.8) is 0 Å². The molecule has 0 fully saturated rings. The summed E-state index contributed by atoms with van der Waals surface area (Å²) in [6, 6.07) is 13.6. The number of carbonyl (C=O) groups excluding carboxylic acids is 1. The predicted molar refractivity (Wildman–Crippen MR) is 125 cm³/mol. The second-order valence-electron chi connectivity index (χ2n) is 7.38. The largest absolute Gasteiger partial charge is 0.465 e. The Hall–Kier alpha value is -3.69. The number of hydrogen-bond donors (Lipinski definition) is 0. The maximum Gasteiger partial charge on any atom is 0.337 e. The van der Waals surface area contributed by atoms with Crippen molar-refractivity contribution in [2.24, 2.45) is 0 Å². The van der Waals surface area contributed by atoms with E-state index in [1.807, 2.05) is 23.2 Å². The number of ether oxygens (including phenoxy) is 2. The van der Waals surface area contributed by atoms with Crippen molar-refractivity contribution < 1.29 is 14.3 Å². The number of aromatic nitrogens is 4. The molecule has 9 heteroatoms. The first-order valence-corrected chi connectivity index (χ1v) is 11.1. The molecule has 0 unspecified atom stereocenters. The summed E-state index contributed by atoms with van der Waals surface area (Å²) in [6.07, 6.45) is 7.13. The fourth-order valence-corrected chi connectivity index (χ4v) is 4.76. The van der Waals surface area contributed by atoms with Gasteiger partial charge in [-0.05, 0) is 29.8 Å². The summed E-state index contributed by atoms with van der Waals surface area (Å²) >= 11 is 1.61. The van der Waals surface area contributed by atoms with E-state index in [2.05, 4.69) is 37.7 Å². The molecule has 0 radical (unpaired) electrons. The summed E-state index contributed by atoms with van der Waals surface area (Å²) in [4.78, 5) is 28.4. The van der Waals surface area contributed by atoms with Crippen molar-refractivity contribution in [1.82, 2.24) is 19.5 Å². The third-order valence-electron chi connectivity index (χ3n) is 5.31. The van der Waals surface area contributed by atoms with E-state index in [0.29, 0.717) is 18.8 Å². The summed E-state index contributed by atoms with van der Waals surface area (Å²) in [7, 11) is 3.05. The summed E-state index contributed by atoms with van der Waals surface area (Å²) in [5.74, 6) is 1.26. The Balaban J connectivity index is 1.44. The maximum atomic E-state index is 11.7. The third-order valence-corrected chi connectivity index (χ3v) is 6.36. The highest BCUT2D eigenvalue weighted by Gasteiger charge is 2.26. The smallest absolute Gasteiger partial charge is 0.337 e. The van der Waals surface area contributed by atoms with Crippen molar-refractivity contribution in [3.05, 3.63) is 78.4 Å². The van der Waals surface area contributed by atoms with Gasteiger partial charge in [0.2, 0.25) is 0 Å². The molecule has 0 atom stereocenters. The molecule has 1 aliphatic rings. The molecule has 1 aliphatic heterocycles. The number of carbonyl (C=O) groups is 1. The molecule has 0 amide bonds. The van der Waals surface area contributed by atoms with Gasteiger partial charge in [-0.15, -0.1) is 0 Å². The average Bonchev–Trinajstić information content (AvgIpc) is 3.32. The van der Waals surface area contributed by atoms with E-state index in [1.54, 1.807) is 49.6 Å². The Labute approximate surface area is 195 Å². The van der Waals surface area contributed by atoms with Crippen LogP contribution < -0.4 is 4.90 Å². The van der Waals surface area contributed by atoms with Crippen LogP contribution in [0.25, 0.3) is 11.4 Å². The molecular weight excluding hydrogens is 438 g/mol. The summed E-state index contributed by atoms with van der Waals surface area (Å²) in [5.41, 5.74) is 3.59. The number of hydrogen-bond acceptors (Lipinski definition) is 8. The van der Waals surface area contributed by atoms with Gasteiger partial charge >= 0.3 is 5.97 Å². The van der Waals surface area contributed by atoms with E-state index in [1.165, 1.54) is 7.11 Å². The van der Waals surface area contributed by atoms with Crippen molar-refractivity contribution in [2.75, 3.05) is 25.9 Å². The lowest BCUT2D eigenvalue weighted by Gasteiger charge is -2.30. The van der Waals surface area contributed by atoms with Crippen LogP contribution in [0, 0.1) is 0 Å². The molecule has 2 aromatic heterocycles. The number of rotatable bonds is 6. The average molecular weight is 460 g/mol. The summed E-state index contributed by atoms with van der Waals surface area (Å²) in [5, 5.41) is 0.863. The van der Waals surface area contributed by atoms with Gasteiger partial charge in [-0.2, -0.15) is 0 Å². The Morgan fingerprint density at radius 3 is 2.61 bits per heavy atom. The minimum absolute atomic E-state index is 0.358. The molecule has 0 saturated heterocycles. The number of esters is 1. The third kappa shape index (κ3) is 4.08. The quantitative estimate of drug-likeness (QED) is 0.393. The van der Waals surface area contributed by atoms with E-state index in [0.717, 1.165) is 38.4 Å². The van der Waals surface area contributed by atoms with Crippen molar-refractivity contribution in [3.8, 4) is 11.4 Å². The van der Waals surface area contributed by atoms with Crippen LogP contribution in [0.3, 0.4) is 0 Å². The molecule has 0 spiro atoms. The SMILES string of the molecule is COCN1c2cc(Cn3ccnc3-c3ccc(C(=O)OC)cc3)ccc2Sc2nccnc21. The van der Waals surface area contributed by atoms with Crippen molar-refractivity contribution in [1.29, 1.82) is 0 Å². The van der Waals surface area contributed by atoms with Gasteiger partial charge in [0.1, 0.15) is 17.6 Å². The minimum atomic E-state index is -0.358. The first-order chi connectivity index (χ1) is 16.2. The first kappa shape index (κ1) is 21.2. The van der Waals surface area contributed by atoms with Crippen LogP contribution >= 0.6 is 11.8 Å². The number of anilines is 2. The van der Waals surface area contributed by atoms with Gasteiger partial charge in [0.25, 0.3) is 0 Å². The Morgan fingerprint density at radius 2 is 1.82 bits per heavy atom. The molecule has 8 nitrogen and oxygen atoms in total.